The number of aliphatic hydroxyl groups excluding tert-OH is 1. The van der Waals surface area contributed by atoms with Crippen molar-refractivity contribution in [1.82, 2.24) is 9.80 Å². The van der Waals surface area contributed by atoms with Crippen LogP contribution in [-0.2, 0) is 14.3 Å². The minimum Gasteiger partial charge on any atom is -0.507 e. The molecule has 40 heavy (non-hydrogen) atoms. The van der Waals surface area contributed by atoms with Crippen LogP contribution in [0.4, 0.5) is 0 Å². The Balaban J connectivity index is 1.71. The second-order valence-corrected chi connectivity index (χ2v) is 9.68. The number of ether oxygens (including phenoxy) is 4. The zero-order valence-corrected chi connectivity index (χ0v) is 23.3. The standard InChI is InChI=1S/C31H38N2O7/c1-4-6-18-39-24-10-7-22(8-11-24)29(34)27-28(23-9-12-25(40-17-5-2)26(21-23)37-3)33(31(36)30(27)35)14-13-32-15-19-38-20-16-32/h5,7-12,21,28,34H,2,4,6,13-20H2,1,3H3. The molecule has 2 heterocycles. The summed E-state index contributed by atoms with van der Waals surface area (Å²) in [6.07, 6.45) is 3.60. The first-order valence-electron chi connectivity index (χ1n) is 13.7. The molecule has 0 aliphatic carbocycles. The normalized spacial score (nSPS) is 19.1. The van der Waals surface area contributed by atoms with Gasteiger partial charge in [0.25, 0.3) is 11.7 Å². The molecule has 2 aliphatic heterocycles. The molecule has 2 aliphatic rings. The first-order valence-corrected chi connectivity index (χ1v) is 13.7. The topological polar surface area (TPSA) is 97.8 Å². The SMILES string of the molecule is C=CCOc1ccc(C2C(=C(O)c3ccc(OCCCC)cc3)C(=O)C(=O)N2CCN2CCOCC2)cc1OC. The van der Waals surface area contributed by atoms with Crippen molar-refractivity contribution in [2.75, 3.05) is 59.7 Å². The van der Waals surface area contributed by atoms with Crippen molar-refractivity contribution in [3.63, 3.8) is 0 Å². The molecule has 0 aromatic heterocycles. The highest BCUT2D eigenvalue weighted by molar-refractivity contribution is 6.46. The lowest BCUT2D eigenvalue weighted by Crippen LogP contribution is -2.42. The summed E-state index contributed by atoms with van der Waals surface area (Å²) >= 11 is 0. The fourth-order valence-electron chi connectivity index (χ4n) is 4.85. The number of nitrogens with zero attached hydrogens (tertiary/aromatic N) is 2. The van der Waals surface area contributed by atoms with E-state index >= 15 is 0 Å². The van der Waals surface area contributed by atoms with Gasteiger partial charge in [-0.15, -0.1) is 0 Å². The molecule has 1 unspecified atom stereocenters. The Morgan fingerprint density at radius 1 is 1.07 bits per heavy atom. The van der Waals surface area contributed by atoms with Crippen molar-refractivity contribution in [3.8, 4) is 17.2 Å². The fraction of sp³-hybridized carbons (Fsp3) is 0.419. The van der Waals surface area contributed by atoms with Crippen molar-refractivity contribution < 1.29 is 33.6 Å². The maximum absolute atomic E-state index is 13.4. The molecule has 214 valence electrons. The number of carbonyl (C=O) groups excluding carboxylic acids is 2. The number of hydrogen-bond acceptors (Lipinski definition) is 8. The van der Waals surface area contributed by atoms with Gasteiger partial charge in [-0.05, 0) is 48.4 Å². The molecule has 2 saturated heterocycles. The van der Waals surface area contributed by atoms with Gasteiger partial charge in [0.05, 0.1) is 38.5 Å². The van der Waals surface area contributed by atoms with Crippen LogP contribution in [0.5, 0.6) is 17.2 Å². The minimum atomic E-state index is -0.802. The summed E-state index contributed by atoms with van der Waals surface area (Å²) in [5, 5.41) is 11.4. The molecule has 4 rings (SSSR count). The van der Waals surface area contributed by atoms with Crippen molar-refractivity contribution >= 4 is 17.4 Å². The second kappa shape index (κ2) is 14.0. The maximum atomic E-state index is 13.4. The number of Topliss-reactive ketones (excluding diaryl/α,β-unsaturated/α-hetero) is 1. The van der Waals surface area contributed by atoms with Crippen molar-refractivity contribution in [2.24, 2.45) is 0 Å². The number of likely N-dealkylation sites (tertiary alicyclic amines) is 1. The predicted molar refractivity (Wildman–Crippen MR) is 152 cm³/mol. The molecule has 1 amide bonds. The van der Waals surface area contributed by atoms with Gasteiger partial charge in [0.1, 0.15) is 18.1 Å². The van der Waals surface area contributed by atoms with E-state index in [1.165, 1.54) is 12.0 Å². The van der Waals surface area contributed by atoms with E-state index in [0.717, 1.165) is 25.9 Å². The number of morpholine rings is 1. The molecule has 0 saturated carbocycles. The van der Waals surface area contributed by atoms with E-state index < -0.39 is 17.7 Å². The van der Waals surface area contributed by atoms with Crippen molar-refractivity contribution in [1.29, 1.82) is 0 Å². The third-order valence-corrected chi connectivity index (χ3v) is 7.06. The van der Waals surface area contributed by atoms with Gasteiger partial charge in [0.15, 0.2) is 11.5 Å². The highest BCUT2D eigenvalue weighted by Gasteiger charge is 2.46. The van der Waals surface area contributed by atoms with Gasteiger partial charge in [-0.2, -0.15) is 0 Å². The van der Waals surface area contributed by atoms with Crippen LogP contribution < -0.4 is 14.2 Å². The van der Waals surface area contributed by atoms with E-state index in [0.29, 0.717) is 67.9 Å². The molecule has 9 heteroatoms. The van der Waals surface area contributed by atoms with Gasteiger partial charge < -0.3 is 29.0 Å². The molecule has 2 aromatic carbocycles. The Morgan fingerprint density at radius 2 is 1.82 bits per heavy atom. The summed E-state index contributed by atoms with van der Waals surface area (Å²) in [7, 11) is 1.53. The van der Waals surface area contributed by atoms with Crippen molar-refractivity contribution in [3.05, 3.63) is 71.8 Å². The van der Waals surface area contributed by atoms with E-state index in [1.807, 2.05) is 0 Å². The lowest BCUT2D eigenvalue weighted by molar-refractivity contribution is -0.140. The summed E-state index contributed by atoms with van der Waals surface area (Å²) in [5.74, 6) is 0.0291. The number of benzene rings is 2. The number of ketones is 1. The summed E-state index contributed by atoms with van der Waals surface area (Å²) in [4.78, 5) is 30.5. The lowest BCUT2D eigenvalue weighted by atomic mass is 9.95. The Hall–Kier alpha value is -3.82. The zero-order chi connectivity index (χ0) is 28.5. The van der Waals surface area contributed by atoms with Crippen LogP contribution in [-0.4, -0.2) is 86.3 Å². The van der Waals surface area contributed by atoms with Gasteiger partial charge in [-0.1, -0.05) is 32.1 Å². The van der Waals surface area contributed by atoms with Crippen LogP contribution in [0.1, 0.15) is 36.9 Å². The first kappa shape index (κ1) is 29.2. The smallest absolute Gasteiger partial charge is 0.295 e. The summed E-state index contributed by atoms with van der Waals surface area (Å²) < 4.78 is 22.4. The van der Waals surface area contributed by atoms with E-state index in [1.54, 1.807) is 48.5 Å². The lowest BCUT2D eigenvalue weighted by Gasteiger charge is -2.31. The number of aliphatic hydroxyl groups is 1. The van der Waals surface area contributed by atoms with Gasteiger partial charge >= 0.3 is 0 Å². The third-order valence-electron chi connectivity index (χ3n) is 7.06. The largest absolute Gasteiger partial charge is 0.507 e. The Bertz CT molecular complexity index is 1220. The van der Waals surface area contributed by atoms with Gasteiger partial charge in [-0.3, -0.25) is 14.5 Å². The summed E-state index contributed by atoms with van der Waals surface area (Å²) in [5.41, 5.74) is 1.09. The van der Waals surface area contributed by atoms with Crippen LogP contribution in [0.25, 0.3) is 5.76 Å². The van der Waals surface area contributed by atoms with E-state index in [4.69, 9.17) is 18.9 Å². The molecule has 0 bridgehead atoms. The number of unbranched alkanes of at least 4 members (excludes halogenated alkanes) is 1. The molecule has 1 atom stereocenters. The minimum absolute atomic E-state index is 0.0356. The highest BCUT2D eigenvalue weighted by atomic mass is 16.5. The number of hydrogen-bond donors (Lipinski definition) is 1. The molecule has 2 aromatic rings. The number of methoxy groups -OCH3 is 1. The number of rotatable bonds is 13. The van der Waals surface area contributed by atoms with Gasteiger partial charge in [-0.25, -0.2) is 0 Å². The van der Waals surface area contributed by atoms with Crippen LogP contribution in [0, 0.1) is 0 Å². The monoisotopic (exact) mass is 550 g/mol. The van der Waals surface area contributed by atoms with Crippen LogP contribution in [0.3, 0.4) is 0 Å². The molecular weight excluding hydrogens is 512 g/mol. The number of amides is 1. The summed E-state index contributed by atoms with van der Waals surface area (Å²) in [6, 6.07) is 11.4. The van der Waals surface area contributed by atoms with Crippen LogP contribution in [0.2, 0.25) is 0 Å². The Kier molecular flexibility index (Phi) is 10.2. The van der Waals surface area contributed by atoms with Crippen LogP contribution >= 0.6 is 0 Å². The predicted octanol–water partition coefficient (Wildman–Crippen LogP) is 4.19. The fourth-order valence-corrected chi connectivity index (χ4v) is 4.85. The number of carbonyl (C=O) groups is 2. The molecular formula is C31H38N2O7. The Morgan fingerprint density at radius 3 is 2.50 bits per heavy atom. The average Bonchev–Trinajstić information content (AvgIpc) is 3.24. The molecule has 0 spiro atoms. The molecule has 0 radical (unpaired) electrons. The average molecular weight is 551 g/mol. The maximum Gasteiger partial charge on any atom is 0.295 e. The molecule has 1 N–H and O–H groups in total. The highest BCUT2D eigenvalue weighted by Crippen LogP contribution is 2.42. The van der Waals surface area contributed by atoms with Crippen LogP contribution in [0.15, 0.2) is 60.7 Å². The molecule has 9 nitrogen and oxygen atoms in total. The van der Waals surface area contributed by atoms with Gasteiger partial charge in [0.2, 0.25) is 0 Å². The van der Waals surface area contributed by atoms with Crippen molar-refractivity contribution in [2.45, 2.75) is 25.8 Å². The quantitative estimate of drug-likeness (QED) is 0.130. The van der Waals surface area contributed by atoms with E-state index in [9.17, 15) is 14.7 Å². The van der Waals surface area contributed by atoms with E-state index in [2.05, 4.69) is 18.4 Å². The van der Waals surface area contributed by atoms with E-state index in [-0.39, 0.29) is 11.3 Å². The molecule has 2 fully saturated rings. The summed E-state index contributed by atoms with van der Waals surface area (Å²) in [6.45, 7) is 10.3. The Labute approximate surface area is 235 Å². The third kappa shape index (κ3) is 6.66. The zero-order valence-electron chi connectivity index (χ0n) is 23.3. The van der Waals surface area contributed by atoms with Gasteiger partial charge in [0, 0.05) is 31.7 Å². The second-order valence-electron chi connectivity index (χ2n) is 9.68. The first-order chi connectivity index (χ1) is 19.5.